The highest BCUT2D eigenvalue weighted by Gasteiger charge is 2.34. The standard InChI is InChI=1S/C12H13NO6/c14-10-5-9(6-11(10)15)19-12(16)7-1-3-8(4-2-7)13(17)18/h1-4,9-11,14-15H,5-6H2/t9?,10-,11+. The van der Waals surface area contributed by atoms with E-state index in [0.29, 0.717) is 0 Å². The van der Waals surface area contributed by atoms with Crippen molar-refractivity contribution < 1.29 is 24.7 Å². The van der Waals surface area contributed by atoms with E-state index < -0.39 is 29.2 Å². The van der Waals surface area contributed by atoms with Gasteiger partial charge in [-0.3, -0.25) is 10.1 Å². The van der Waals surface area contributed by atoms with Gasteiger partial charge in [-0.25, -0.2) is 4.79 Å². The highest BCUT2D eigenvalue weighted by Crippen LogP contribution is 2.24. The summed E-state index contributed by atoms with van der Waals surface area (Å²) in [7, 11) is 0. The number of nitro benzene ring substituents is 1. The van der Waals surface area contributed by atoms with Gasteiger partial charge in [-0.2, -0.15) is 0 Å². The van der Waals surface area contributed by atoms with Crippen molar-refractivity contribution in [1.29, 1.82) is 0 Å². The van der Waals surface area contributed by atoms with E-state index in [0.717, 1.165) is 0 Å². The summed E-state index contributed by atoms with van der Waals surface area (Å²) in [6.45, 7) is 0. The number of esters is 1. The van der Waals surface area contributed by atoms with Crippen LogP contribution >= 0.6 is 0 Å². The Labute approximate surface area is 108 Å². The molecule has 1 aromatic rings. The number of aliphatic hydroxyl groups excluding tert-OH is 2. The van der Waals surface area contributed by atoms with Gasteiger partial charge in [-0.05, 0) is 12.1 Å². The molecule has 0 aliphatic heterocycles. The van der Waals surface area contributed by atoms with Crippen LogP contribution in [-0.4, -0.2) is 39.4 Å². The largest absolute Gasteiger partial charge is 0.459 e. The lowest BCUT2D eigenvalue weighted by Crippen LogP contribution is -2.17. The second-order valence-electron chi connectivity index (χ2n) is 4.44. The summed E-state index contributed by atoms with van der Waals surface area (Å²) in [5.74, 6) is -0.624. The molecule has 3 atom stereocenters. The lowest BCUT2D eigenvalue weighted by Gasteiger charge is -2.11. The Balaban J connectivity index is 1.98. The average Bonchev–Trinajstić information content (AvgIpc) is 2.68. The van der Waals surface area contributed by atoms with Crippen LogP contribution < -0.4 is 0 Å². The molecule has 0 heterocycles. The molecule has 1 aliphatic rings. The summed E-state index contributed by atoms with van der Waals surface area (Å²) in [6.07, 6.45) is -1.91. The molecule has 1 fully saturated rings. The number of ether oxygens (including phenoxy) is 1. The van der Waals surface area contributed by atoms with Crippen LogP contribution in [0.15, 0.2) is 24.3 Å². The van der Waals surface area contributed by atoms with Crippen LogP contribution in [0.1, 0.15) is 23.2 Å². The van der Waals surface area contributed by atoms with Gasteiger partial charge in [0.15, 0.2) is 0 Å². The van der Waals surface area contributed by atoms with Gasteiger partial charge in [-0.1, -0.05) is 0 Å². The Morgan fingerprint density at radius 3 is 2.21 bits per heavy atom. The minimum absolute atomic E-state index is 0.108. The Bertz CT molecular complexity index is 475. The summed E-state index contributed by atoms with van der Waals surface area (Å²) in [5, 5.41) is 29.1. The minimum Gasteiger partial charge on any atom is -0.459 e. The number of rotatable bonds is 3. The second kappa shape index (κ2) is 5.33. The van der Waals surface area contributed by atoms with E-state index in [1.807, 2.05) is 0 Å². The normalized spacial score (nSPS) is 26.1. The molecule has 7 nitrogen and oxygen atoms in total. The molecular weight excluding hydrogens is 254 g/mol. The van der Waals surface area contributed by atoms with Gasteiger partial charge >= 0.3 is 5.97 Å². The van der Waals surface area contributed by atoms with E-state index in [-0.39, 0.29) is 24.1 Å². The van der Waals surface area contributed by atoms with Crippen molar-refractivity contribution in [2.75, 3.05) is 0 Å². The zero-order valence-electron chi connectivity index (χ0n) is 9.93. The van der Waals surface area contributed by atoms with Crippen LogP contribution in [0.5, 0.6) is 0 Å². The number of aliphatic hydroxyl groups is 2. The molecular formula is C12H13NO6. The number of hydrogen-bond donors (Lipinski definition) is 2. The highest BCUT2D eigenvalue weighted by molar-refractivity contribution is 5.89. The molecule has 1 aliphatic carbocycles. The fourth-order valence-corrected chi connectivity index (χ4v) is 1.98. The molecule has 1 aromatic carbocycles. The van der Waals surface area contributed by atoms with Crippen molar-refractivity contribution in [3.05, 3.63) is 39.9 Å². The van der Waals surface area contributed by atoms with Crippen LogP contribution in [0.25, 0.3) is 0 Å². The van der Waals surface area contributed by atoms with Gasteiger partial charge in [0.25, 0.3) is 5.69 Å². The summed E-state index contributed by atoms with van der Waals surface area (Å²) in [4.78, 5) is 21.6. The monoisotopic (exact) mass is 267 g/mol. The van der Waals surface area contributed by atoms with Crippen molar-refractivity contribution in [3.8, 4) is 0 Å². The maximum atomic E-state index is 11.7. The number of nitrogens with zero attached hydrogens (tertiary/aromatic N) is 1. The maximum Gasteiger partial charge on any atom is 0.338 e. The van der Waals surface area contributed by atoms with E-state index in [1.54, 1.807) is 0 Å². The minimum atomic E-state index is -0.880. The molecule has 1 unspecified atom stereocenters. The Kier molecular flexibility index (Phi) is 3.77. The molecule has 0 amide bonds. The third kappa shape index (κ3) is 3.07. The number of hydrogen-bond acceptors (Lipinski definition) is 6. The first-order valence-electron chi connectivity index (χ1n) is 5.79. The van der Waals surface area contributed by atoms with Crippen LogP contribution in [0.2, 0.25) is 0 Å². The number of non-ortho nitro benzene ring substituents is 1. The van der Waals surface area contributed by atoms with E-state index >= 15 is 0 Å². The SMILES string of the molecule is O=C(OC1C[C@@H](O)[C@@H](O)C1)c1ccc([N+](=O)[O-])cc1. The fraction of sp³-hybridized carbons (Fsp3) is 0.417. The first-order valence-corrected chi connectivity index (χ1v) is 5.79. The first kappa shape index (κ1) is 13.4. The van der Waals surface area contributed by atoms with Gasteiger partial charge in [0.05, 0.1) is 22.7 Å². The number of carbonyl (C=O) groups is 1. The second-order valence-corrected chi connectivity index (χ2v) is 4.44. The molecule has 0 radical (unpaired) electrons. The number of benzene rings is 1. The highest BCUT2D eigenvalue weighted by atomic mass is 16.6. The molecule has 0 spiro atoms. The van der Waals surface area contributed by atoms with Gasteiger partial charge in [0.2, 0.25) is 0 Å². The molecule has 19 heavy (non-hydrogen) atoms. The van der Waals surface area contributed by atoms with E-state index in [1.165, 1.54) is 24.3 Å². The third-order valence-corrected chi connectivity index (χ3v) is 3.04. The summed E-state index contributed by atoms with van der Waals surface area (Å²) in [5.41, 5.74) is 0.0877. The van der Waals surface area contributed by atoms with E-state index in [4.69, 9.17) is 4.74 Å². The molecule has 0 saturated heterocycles. The molecule has 2 N–H and O–H groups in total. The summed E-state index contributed by atoms with van der Waals surface area (Å²) >= 11 is 0. The predicted molar refractivity (Wildman–Crippen MR) is 63.5 cm³/mol. The Morgan fingerprint density at radius 1 is 1.21 bits per heavy atom. The summed E-state index contributed by atoms with van der Waals surface area (Å²) < 4.78 is 5.11. The van der Waals surface area contributed by atoms with Crippen molar-refractivity contribution in [2.45, 2.75) is 31.2 Å². The summed E-state index contributed by atoms with van der Waals surface area (Å²) in [6, 6.07) is 5.05. The zero-order chi connectivity index (χ0) is 14.0. The van der Waals surface area contributed by atoms with Crippen molar-refractivity contribution in [2.24, 2.45) is 0 Å². The topological polar surface area (TPSA) is 110 Å². The van der Waals surface area contributed by atoms with Crippen LogP contribution in [-0.2, 0) is 4.74 Å². The van der Waals surface area contributed by atoms with Crippen molar-refractivity contribution >= 4 is 11.7 Å². The number of carbonyl (C=O) groups excluding carboxylic acids is 1. The lowest BCUT2D eigenvalue weighted by molar-refractivity contribution is -0.384. The Morgan fingerprint density at radius 2 is 1.74 bits per heavy atom. The van der Waals surface area contributed by atoms with Crippen molar-refractivity contribution in [3.63, 3.8) is 0 Å². The van der Waals surface area contributed by atoms with Gasteiger partial charge in [0, 0.05) is 25.0 Å². The molecule has 1 saturated carbocycles. The van der Waals surface area contributed by atoms with Gasteiger partial charge in [0.1, 0.15) is 6.10 Å². The maximum absolute atomic E-state index is 11.7. The molecule has 102 valence electrons. The average molecular weight is 267 g/mol. The molecule has 0 aromatic heterocycles. The molecule has 7 heteroatoms. The Hall–Kier alpha value is -1.99. The lowest BCUT2D eigenvalue weighted by atomic mass is 10.2. The quantitative estimate of drug-likeness (QED) is 0.472. The van der Waals surface area contributed by atoms with E-state index in [9.17, 15) is 25.1 Å². The first-order chi connectivity index (χ1) is 8.97. The van der Waals surface area contributed by atoms with Crippen LogP contribution in [0.4, 0.5) is 5.69 Å². The van der Waals surface area contributed by atoms with E-state index in [2.05, 4.69) is 0 Å². The zero-order valence-corrected chi connectivity index (χ0v) is 9.93. The van der Waals surface area contributed by atoms with Gasteiger partial charge < -0.3 is 14.9 Å². The van der Waals surface area contributed by atoms with Gasteiger partial charge in [-0.15, -0.1) is 0 Å². The smallest absolute Gasteiger partial charge is 0.338 e. The molecule has 0 bridgehead atoms. The third-order valence-electron chi connectivity index (χ3n) is 3.04. The van der Waals surface area contributed by atoms with Crippen LogP contribution in [0, 0.1) is 10.1 Å². The molecule has 2 rings (SSSR count). The fourth-order valence-electron chi connectivity index (χ4n) is 1.98. The predicted octanol–water partition coefficient (Wildman–Crippen LogP) is 0.636. The van der Waals surface area contributed by atoms with Crippen LogP contribution in [0.3, 0.4) is 0 Å². The van der Waals surface area contributed by atoms with Crippen molar-refractivity contribution in [1.82, 2.24) is 0 Å². The number of nitro groups is 1.